The van der Waals surface area contributed by atoms with Crippen LogP contribution in [0.15, 0.2) is 29.6 Å². The van der Waals surface area contributed by atoms with E-state index in [1.165, 1.54) is 16.9 Å². The number of hydrogen-bond donors (Lipinski definition) is 1. The molecule has 0 radical (unpaired) electrons. The Morgan fingerprint density at radius 1 is 1.21 bits per heavy atom. The molecule has 5 nitrogen and oxygen atoms in total. The van der Waals surface area contributed by atoms with E-state index in [-0.39, 0.29) is 11.8 Å². The summed E-state index contributed by atoms with van der Waals surface area (Å²) in [6.45, 7) is 5.29. The Kier molecular flexibility index (Phi) is 6.23. The third kappa shape index (κ3) is 4.65. The van der Waals surface area contributed by atoms with Crippen LogP contribution in [0.25, 0.3) is 0 Å². The number of nitrogens with one attached hydrogen (secondary N) is 1. The highest BCUT2D eigenvalue weighted by Gasteiger charge is 2.28. The lowest BCUT2D eigenvalue weighted by Gasteiger charge is -2.34. The number of piperazine rings is 1. The molecule has 0 saturated carbocycles. The lowest BCUT2D eigenvalue weighted by molar-refractivity contribution is -0.117. The maximum absolute atomic E-state index is 13.0. The first-order chi connectivity index (χ1) is 14.0. The van der Waals surface area contributed by atoms with E-state index in [0.717, 1.165) is 18.4 Å². The number of anilines is 1. The summed E-state index contributed by atoms with van der Waals surface area (Å²) in [4.78, 5) is 30.8. The quantitative estimate of drug-likeness (QED) is 0.798. The normalized spacial score (nSPS) is 19.7. The van der Waals surface area contributed by atoms with Crippen molar-refractivity contribution in [3.05, 3.63) is 50.7 Å². The Balaban J connectivity index is 1.30. The van der Waals surface area contributed by atoms with E-state index in [2.05, 4.69) is 22.5 Å². The predicted octanol–water partition coefficient (Wildman–Crippen LogP) is 3.92. The number of halogens is 1. The number of hydrogen-bond acceptors (Lipinski definition) is 4. The molecule has 2 aliphatic rings. The van der Waals surface area contributed by atoms with E-state index in [0.29, 0.717) is 49.4 Å². The molecule has 1 aromatic carbocycles. The molecule has 1 saturated heterocycles. The number of amides is 2. The molecular formula is C22H26ClN3O2S. The molecule has 1 aromatic heterocycles. The summed E-state index contributed by atoms with van der Waals surface area (Å²) >= 11 is 7.84. The predicted molar refractivity (Wildman–Crippen MR) is 118 cm³/mol. The second-order valence-corrected chi connectivity index (χ2v) is 9.37. The molecule has 1 N–H and O–H groups in total. The van der Waals surface area contributed by atoms with Gasteiger partial charge in [-0.25, -0.2) is 0 Å². The van der Waals surface area contributed by atoms with Crippen LogP contribution in [0.4, 0.5) is 5.69 Å². The number of benzene rings is 1. The molecule has 1 atom stereocenters. The molecular weight excluding hydrogens is 406 g/mol. The molecule has 154 valence electrons. The summed E-state index contributed by atoms with van der Waals surface area (Å²) in [5.41, 5.74) is 2.81. The number of thiophene rings is 1. The molecule has 1 unspecified atom stereocenters. The van der Waals surface area contributed by atoms with Gasteiger partial charge in [-0.2, -0.15) is 0 Å². The van der Waals surface area contributed by atoms with Crippen molar-refractivity contribution in [3.8, 4) is 0 Å². The maximum atomic E-state index is 13.0. The van der Waals surface area contributed by atoms with Crippen LogP contribution in [0.5, 0.6) is 0 Å². The fourth-order valence-electron chi connectivity index (χ4n) is 4.09. The van der Waals surface area contributed by atoms with Crippen molar-refractivity contribution < 1.29 is 9.59 Å². The van der Waals surface area contributed by atoms with E-state index in [1.54, 1.807) is 23.5 Å². The van der Waals surface area contributed by atoms with Crippen LogP contribution in [-0.2, 0) is 17.6 Å². The lowest BCUT2D eigenvalue weighted by Crippen LogP contribution is -2.50. The zero-order valence-corrected chi connectivity index (χ0v) is 18.2. The first-order valence-corrected chi connectivity index (χ1v) is 11.4. The topological polar surface area (TPSA) is 52.7 Å². The van der Waals surface area contributed by atoms with Crippen molar-refractivity contribution in [1.29, 1.82) is 0 Å². The molecule has 1 aliphatic carbocycles. The zero-order valence-electron chi connectivity index (χ0n) is 16.6. The Bertz CT molecular complexity index is 905. The van der Waals surface area contributed by atoms with Crippen LogP contribution in [0, 0.1) is 5.92 Å². The van der Waals surface area contributed by atoms with E-state index < -0.39 is 0 Å². The van der Waals surface area contributed by atoms with Gasteiger partial charge in [0.1, 0.15) is 0 Å². The second kappa shape index (κ2) is 8.86. The molecule has 0 spiro atoms. The summed E-state index contributed by atoms with van der Waals surface area (Å²) in [5, 5.41) is 5.44. The van der Waals surface area contributed by atoms with Crippen molar-refractivity contribution >= 4 is 40.4 Å². The average molecular weight is 432 g/mol. The van der Waals surface area contributed by atoms with Crippen LogP contribution < -0.4 is 5.32 Å². The number of rotatable bonds is 4. The highest BCUT2D eigenvalue weighted by atomic mass is 35.5. The number of carbonyl (C=O) groups excluding carboxylic acids is 2. The summed E-state index contributed by atoms with van der Waals surface area (Å²) in [6, 6.07) is 7.22. The lowest BCUT2D eigenvalue weighted by atomic mass is 9.88. The first kappa shape index (κ1) is 20.4. The minimum absolute atomic E-state index is 0.0844. The van der Waals surface area contributed by atoms with Crippen molar-refractivity contribution in [2.45, 2.75) is 26.2 Å². The Labute approximate surface area is 180 Å². The monoisotopic (exact) mass is 431 g/mol. The van der Waals surface area contributed by atoms with Gasteiger partial charge in [0.15, 0.2) is 0 Å². The number of carbonyl (C=O) groups is 2. The molecule has 2 amide bonds. The van der Waals surface area contributed by atoms with Crippen LogP contribution in [0.1, 0.15) is 34.1 Å². The molecule has 1 fully saturated rings. The summed E-state index contributed by atoms with van der Waals surface area (Å²) in [7, 11) is 0. The van der Waals surface area contributed by atoms with Gasteiger partial charge in [0.25, 0.3) is 5.91 Å². The summed E-state index contributed by atoms with van der Waals surface area (Å²) in [5.74, 6) is 0.778. The van der Waals surface area contributed by atoms with Gasteiger partial charge < -0.3 is 10.2 Å². The molecule has 29 heavy (non-hydrogen) atoms. The van der Waals surface area contributed by atoms with Gasteiger partial charge in [-0.05, 0) is 42.9 Å². The van der Waals surface area contributed by atoms with Gasteiger partial charge in [0.2, 0.25) is 5.91 Å². The molecule has 7 heteroatoms. The Morgan fingerprint density at radius 3 is 2.72 bits per heavy atom. The van der Waals surface area contributed by atoms with E-state index in [1.807, 2.05) is 17.0 Å². The smallest absolute Gasteiger partial charge is 0.255 e. The molecule has 4 rings (SSSR count). The number of para-hydroxylation sites is 1. The Morgan fingerprint density at radius 2 is 1.97 bits per heavy atom. The van der Waals surface area contributed by atoms with E-state index >= 15 is 0 Å². The van der Waals surface area contributed by atoms with Gasteiger partial charge in [-0.15, -0.1) is 11.3 Å². The third-order valence-corrected chi connectivity index (χ3v) is 7.19. The van der Waals surface area contributed by atoms with Gasteiger partial charge in [0.05, 0.1) is 22.8 Å². The standard InChI is InChI=1S/C22H26ClN3O2S/c1-15-6-7-16-17(14-29-20(16)12-15)22(28)26-10-8-25(9-11-26)13-21(27)24-19-5-3-2-4-18(19)23/h2-5,14-15H,6-13H2,1H3,(H,24,27). The van der Waals surface area contributed by atoms with E-state index in [4.69, 9.17) is 11.6 Å². The van der Waals surface area contributed by atoms with Crippen LogP contribution in [0.2, 0.25) is 5.02 Å². The zero-order chi connectivity index (χ0) is 20.4. The first-order valence-electron chi connectivity index (χ1n) is 10.2. The highest BCUT2D eigenvalue weighted by Crippen LogP contribution is 2.33. The second-order valence-electron chi connectivity index (χ2n) is 8.00. The number of fused-ring (bicyclic) bond motifs is 1. The molecule has 2 aromatic rings. The molecule has 0 bridgehead atoms. The fourth-order valence-corrected chi connectivity index (χ4v) is 5.51. The van der Waals surface area contributed by atoms with Gasteiger partial charge >= 0.3 is 0 Å². The summed E-state index contributed by atoms with van der Waals surface area (Å²) < 4.78 is 0. The highest BCUT2D eigenvalue weighted by molar-refractivity contribution is 7.10. The Hall–Kier alpha value is -1.89. The largest absolute Gasteiger partial charge is 0.336 e. The minimum atomic E-state index is -0.0844. The SMILES string of the molecule is CC1CCc2c(C(=O)N3CCN(CC(=O)Nc4ccccc4Cl)CC3)csc2C1. The van der Waals surface area contributed by atoms with Gasteiger partial charge in [-0.1, -0.05) is 30.7 Å². The van der Waals surface area contributed by atoms with Crippen molar-refractivity contribution in [3.63, 3.8) is 0 Å². The van der Waals surface area contributed by atoms with E-state index in [9.17, 15) is 9.59 Å². The van der Waals surface area contributed by atoms with Crippen LogP contribution in [0.3, 0.4) is 0 Å². The van der Waals surface area contributed by atoms with Crippen molar-refractivity contribution in [2.24, 2.45) is 5.92 Å². The van der Waals surface area contributed by atoms with Gasteiger partial charge in [0, 0.05) is 36.4 Å². The summed E-state index contributed by atoms with van der Waals surface area (Å²) in [6.07, 6.45) is 3.28. The molecule has 1 aliphatic heterocycles. The number of nitrogens with zero attached hydrogens (tertiary/aromatic N) is 2. The fraction of sp³-hybridized carbons (Fsp3) is 0.455. The van der Waals surface area contributed by atoms with Gasteiger partial charge in [-0.3, -0.25) is 14.5 Å². The van der Waals surface area contributed by atoms with Crippen LogP contribution in [-0.4, -0.2) is 54.3 Å². The van der Waals surface area contributed by atoms with Crippen molar-refractivity contribution in [1.82, 2.24) is 9.80 Å². The average Bonchev–Trinajstić information content (AvgIpc) is 3.12. The van der Waals surface area contributed by atoms with Crippen LogP contribution >= 0.6 is 22.9 Å². The maximum Gasteiger partial charge on any atom is 0.255 e. The third-order valence-electron chi connectivity index (χ3n) is 5.81. The molecule has 2 heterocycles. The van der Waals surface area contributed by atoms with Crippen molar-refractivity contribution in [2.75, 3.05) is 38.0 Å². The minimum Gasteiger partial charge on any atom is -0.336 e.